The van der Waals surface area contributed by atoms with Crippen molar-refractivity contribution in [3.8, 4) is 0 Å². The van der Waals surface area contributed by atoms with E-state index in [1.54, 1.807) is 30.3 Å². The summed E-state index contributed by atoms with van der Waals surface area (Å²) in [6, 6.07) is 14.2. The third-order valence-corrected chi connectivity index (χ3v) is 6.43. The first kappa shape index (κ1) is 26.5. The van der Waals surface area contributed by atoms with E-state index < -0.39 is 0 Å². The van der Waals surface area contributed by atoms with Crippen LogP contribution in [-0.2, 0) is 11.3 Å². The van der Waals surface area contributed by atoms with Crippen molar-refractivity contribution in [2.75, 3.05) is 11.1 Å². The van der Waals surface area contributed by atoms with Gasteiger partial charge in [-0.05, 0) is 49.1 Å². The summed E-state index contributed by atoms with van der Waals surface area (Å²) in [5.74, 6) is 0.656. The molecule has 1 atom stereocenters. The summed E-state index contributed by atoms with van der Waals surface area (Å²) in [5.41, 5.74) is 2.23. The van der Waals surface area contributed by atoms with E-state index in [2.05, 4.69) is 41.3 Å². The smallest absolute Gasteiger partial charge is 0.253 e. The van der Waals surface area contributed by atoms with E-state index in [9.17, 15) is 9.59 Å². The Morgan fingerprint density at radius 1 is 1.17 bits per heavy atom. The third-order valence-electron chi connectivity index (χ3n) is 5.13. The molecule has 184 valence electrons. The Kier molecular flexibility index (Phi) is 9.51. The Morgan fingerprint density at radius 3 is 2.63 bits per heavy atom. The highest BCUT2D eigenvalue weighted by atomic mass is 35.5. The molecule has 0 unspecified atom stereocenters. The number of aryl methyl sites for hydroxylation is 1. The molecule has 1 heterocycles. The SMILES string of the molecule is C=CCn1c(SCC(=O)Nc2cccc(C)c2)nnc1[C@@H](CC(C)C)NC(=O)c1ccccc1Cl. The highest BCUT2D eigenvalue weighted by Crippen LogP contribution is 2.26. The van der Waals surface area contributed by atoms with Gasteiger partial charge in [0.1, 0.15) is 0 Å². The normalized spacial score (nSPS) is 11.8. The summed E-state index contributed by atoms with van der Waals surface area (Å²) in [6.07, 6.45) is 2.40. The summed E-state index contributed by atoms with van der Waals surface area (Å²) < 4.78 is 1.89. The fourth-order valence-electron chi connectivity index (χ4n) is 3.60. The predicted molar refractivity (Wildman–Crippen MR) is 142 cm³/mol. The molecule has 3 aromatic rings. The molecule has 0 aliphatic heterocycles. The van der Waals surface area contributed by atoms with Gasteiger partial charge in [0.05, 0.1) is 22.4 Å². The van der Waals surface area contributed by atoms with Crippen molar-refractivity contribution in [3.05, 3.63) is 83.2 Å². The number of rotatable bonds is 11. The highest BCUT2D eigenvalue weighted by Gasteiger charge is 2.25. The summed E-state index contributed by atoms with van der Waals surface area (Å²) in [4.78, 5) is 25.5. The summed E-state index contributed by atoms with van der Waals surface area (Å²) in [5, 5.41) is 15.7. The van der Waals surface area contributed by atoms with E-state index in [-0.39, 0.29) is 29.5 Å². The van der Waals surface area contributed by atoms with E-state index in [4.69, 9.17) is 11.6 Å². The van der Waals surface area contributed by atoms with Crippen molar-refractivity contribution >= 4 is 40.9 Å². The van der Waals surface area contributed by atoms with Gasteiger partial charge in [-0.3, -0.25) is 9.59 Å². The van der Waals surface area contributed by atoms with Gasteiger partial charge in [-0.2, -0.15) is 0 Å². The van der Waals surface area contributed by atoms with E-state index in [0.717, 1.165) is 11.3 Å². The first-order valence-electron chi connectivity index (χ1n) is 11.4. The molecular formula is C26H30ClN5O2S. The number of nitrogens with zero attached hydrogens (tertiary/aromatic N) is 3. The van der Waals surface area contributed by atoms with E-state index in [0.29, 0.717) is 34.5 Å². The number of carbonyl (C=O) groups is 2. The van der Waals surface area contributed by atoms with Gasteiger partial charge in [0.2, 0.25) is 5.91 Å². The van der Waals surface area contributed by atoms with Crippen LogP contribution in [0.5, 0.6) is 0 Å². The molecule has 3 rings (SSSR count). The fraction of sp³-hybridized carbons (Fsp3) is 0.308. The molecule has 7 nitrogen and oxygen atoms in total. The number of hydrogen-bond acceptors (Lipinski definition) is 5. The second-order valence-electron chi connectivity index (χ2n) is 8.58. The van der Waals surface area contributed by atoms with Crippen molar-refractivity contribution < 1.29 is 9.59 Å². The first-order valence-corrected chi connectivity index (χ1v) is 12.7. The summed E-state index contributed by atoms with van der Waals surface area (Å²) >= 11 is 7.52. The van der Waals surface area contributed by atoms with Crippen LogP contribution in [0.15, 0.2) is 66.3 Å². The highest BCUT2D eigenvalue weighted by molar-refractivity contribution is 7.99. The van der Waals surface area contributed by atoms with Gasteiger partial charge in [-0.1, -0.05) is 67.6 Å². The van der Waals surface area contributed by atoms with Gasteiger partial charge in [0.15, 0.2) is 11.0 Å². The van der Waals surface area contributed by atoms with Gasteiger partial charge in [-0.15, -0.1) is 16.8 Å². The van der Waals surface area contributed by atoms with Gasteiger partial charge >= 0.3 is 0 Å². The monoisotopic (exact) mass is 511 g/mol. The molecule has 2 N–H and O–H groups in total. The molecule has 2 aromatic carbocycles. The van der Waals surface area contributed by atoms with E-state index in [1.165, 1.54) is 11.8 Å². The Bertz CT molecular complexity index is 1190. The number of amides is 2. The molecular weight excluding hydrogens is 482 g/mol. The van der Waals surface area contributed by atoms with Crippen LogP contribution in [0.25, 0.3) is 0 Å². The Labute approximate surface area is 215 Å². The second-order valence-corrected chi connectivity index (χ2v) is 9.93. The summed E-state index contributed by atoms with van der Waals surface area (Å²) in [6.45, 7) is 10.4. The summed E-state index contributed by atoms with van der Waals surface area (Å²) in [7, 11) is 0. The zero-order valence-electron chi connectivity index (χ0n) is 20.1. The Morgan fingerprint density at radius 2 is 1.94 bits per heavy atom. The number of anilines is 1. The molecule has 0 radical (unpaired) electrons. The largest absolute Gasteiger partial charge is 0.342 e. The molecule has 0 bridgehead atoms. The van der Waals surface area contributed by atoms with Crippen LogP contribution in [0.2, 0.25) is 5.02 Å². The number of carbonyl (C=O) groups excluding carboxylic acids is 2. The topological polar surface area (TPSA) is 88.9 Å². The lowest BCUT2D eigenvalue weighted by molar-refractivity contribution is -0.113. The first-order chi connectivity index (χ1) is 16.8. The van der Waals surface area contributed by atoms with Crippen LogP contribution in [0.1, 0.15) is 48.1 Å². The second kappa shape index (κ2) is 12.6. The predicted octanol–water partition coefficient (Wildman–Crippen LogP) is 5.67. The molecule has 1 aromatic heterocycles. The number of nitrogens with one attached hydrogen (secondary N) is 2. The zero-order chi connectivity index (χ0) is 25.4. The fourth-order valence-corrected chi connectivity index (χ4v) is 4.57. The zero-order valence-corrected chi connectivity index (χ0v) is 21.7. The van der Waals surface area contributed by atoms with Crippen LogP contribution >= 0.6 is 23.4 Å². The van der Waals surface area contributed by atoms with Crippen molar-refractivity contribution in [2.45, 2.75) is 44.9 Å². The molecule has 9 heteroatoms. The molecule has 35 heavy (non-hydrogen) atoms. The molecule has 2 amide bonds. The van der Waals surface area contributed by atoms with Gasteiger partial charge in [0.25, 0.3) is 5.91 Å². The van der Waals surface area contributed by atoms with Crippen LogP contribution < -0.4 is 10.6 Å². The molecule has 0 aliphatic carbocycles. The number of thioether (sulfide) groups is 1. The lowest BCUT2D eigenvalue weighted by atomic mass is 10.0. The van der Waals surface area contributed by atoms with Crippen LogP contribution in [0, 0.1) is 12.8 Å². The van der Waals surface area contributed by atoms with Gasteiger partial charge in [0, 0.05) is 12.2 Å². The van der Waals surface area contributed by atoms with Crippen molar-refractivity contribution in [1.29, 1.82) is 0 Å². The number of hydrogen-bond donors (Lipinski definition) is 2. The molecule has 0 spiro atoms. The van der Waals surface area contributed by atoms with Crippen molar-refractivity contribution in [1.82, 2.24) is 20.1 Å². The van der Waals surface area contributed by atoms with E-state index >= 15 is 0 Å². The lowest BCUT2D eigenvalue weighted by Crippen LogP contribution is -2.32. The van der Waals surface area contributed by atoms with Crippen LogP contribution in [0.4, 0.5) is 5.69 Å². The minimum Gasteiger partial charge on any atom is -0.342 e. The maximum Gasteiger partial charge on any atom is 0.253 e. The van der Waals surface area contributed by atoms with Gasteiger partial charge in [-0.25, -0.2) is 0 Å². The maximum absolute atomic E-state index is 13.0. The minimum atomic E-state index is -0.387. The standard InChI is InChI=1S/C26H30ClN5O2S/c1-5-13-32-24(22(14-17(2)3)29-25(34)20-11-6-7-12-21(20)27)30-31-26(32)35-16-23(33)28-19-10-8-9-18(4)15-19/h5-12,15,17,22H,1,13-14,16H2,2-4H3,(H,28,33)(H,29,34)/t22-/m1/s1. The minimum absolute atomic E-state index is 0.138. The molecule has 0 saturated carbocycles. The Balaban J connectivity index is 1.78. The maximum atomic E-state index is 13.0. The third kappa shape index (κ3) is 7.44. The number of aromatic nitrogens is 3. The van der Waals surface area contributed by atoms with Crippen molar-refractivity contribution in [3.63, 3.8) is 0 Å². The average Bonchev–Trinajstić information content (AvgIpc) is 3.20. The van der Waals surface area contributed by atoms with E-state index in [1.807, 2.05) is 35.8 Å². The number of halogens is 1. The molecule has 0 fully saturated rings. The van der Waals surface area contributed by atoms with Crippen LogP contribution in [-0.4, -0.2) is 32.3 Å². The molecule has 0 aliphatic rings. The van der Waals surface area contributed by atoms with Crippen LogP contribution in [0.3, 0.4) is 0 Å². The lowest BCUT2D eigenvalue weighted by Gasteiger charge is -2.21. The average molecular weight is 512 g/mol. The Hall–Kier alpha value is -3.10. The molecule has 0 saturated heterocycles. The van der Waals surface area contributed by atoms with Crippen molar-refractivity contribution in [2.24, 2.45) is 5.92 Å². The quantitative estimate of drug-likeness (QED) is 0.255. The van der Waals surface area contributed by atoms with Gasteiger partial charge < -0.3 is 15.2 Å². The number of allylic oxidation sites excluding steroid dienone is 1. The number of benzene rings is 2.